The van der Waals surface area contributed by atoms with Crippen LogP contribution in [-0.4, -0.2) is 30.7 Å². The quantitative estimate of drug-likeness (QED) is 0.749. The first-order chi connectivity index (χ1) is 13.2. The summed E-state index contributed by atoms with van der Waals surface area (Å²) in [4.78, 5) is 17.6. The molecule has 0 N–H and O–H groups in total. The topological polar surface area (TPSA) is 52.8 Å². The van der Waals surface area contributed by atoms with Gasteiger partial charge in [0.05, 0.1) is 20.3 Å². The molecule has 1 aliphatic rings. The van der Waals surface area contributed by atoms with Crippen molar-refractivity contribution in [3.63, 3.8) is 0 Å². The van der Waals surface area contributed by atoms with Gasteiger partial charge in [-0.3, -0.25) is 14.4 Å². The summed E-state index contributed by atoms with van der Waals surface area (Å²) in [6.45, 7) is 0. The lowest BCUT2D eigenvalue weighted by molar-refractivity contribution is 0.0964. The molecular formula is C22H26N2O3. The van der Waals surface area contributed by atoms with Gasteiger partial charge in [-0.05, 0) is 37.1 Å². The van der Waals surface area contributed by atoms with Crippen molar-refractivity contribution in [2.75, 3.05) is 14.2 Å². The fourth-order valence-corrected chi connectivity index (χ4v) is 3.41. The molecule has 1 aromatic heterocycles. The standard InChI is InChI=1S/C22H26N2O3/c1-26-19-12-8-9-17(22(19)27-2)14-15-21(25)24-16-7-6-13-20(24)23-18-10-4-3-5-11-18/h6-9,12-16,18H,3-5,10-11H2,1-2H3/b15-14+,23-20?. The Morgan fingerprint density at radius 3 is 2.63 bits per heavy atom. The first-order valence-electron chi connectivity index (χ1n) is 9.38. The molecule has 0 bridgehead atoms. The van der Waals surface area contributed by atoms with Gasteiger partial charge in [0.15, 0.2) is 11.5 Å². The van der Waals surface area contributed by atoms with E-state index in [1.165, 1.54) is 25.3 Å². The lowest BCUT2D eigenvalue weighted by atomic mass is 9.96. The number of hydrogen-bond donors (Lipinski definition) is 0. The third-order valence-corrected chi connectivity index (χ3v) is 4.80. The molecule has 0 saturated heterocycles. The van der Waals surface area contributed by atoms with Gasteiger partial charge in [0.2, 0.25) is 0 Å². The molecular weight excluding hydrogens is 340 g/mol. The second-order valence-electron chi connectivity index (χ2n) is 6.60. The zero-order valence-corrected chi connectivity index (χ0v) is 15.9. The van der Waals surface area contributed by atoms with E-state index in [1.54, 1.807) is 31.1 Å². The first-order valence-corrected chi connectivity index (χ1v) is 9.38. The summed E-state index contributed by atoms with van der Waals surface area (Å²) >= 11 is 0. The van der Waals surface area contributed by atoms with Crippen LogP contribution in [0.5, 0.6) is 11.5 Å². The van der Waals surface area contributed by atoms with Crippen molar-refractivity contribution in [3.8, 4) is 11.5 Å². The molecule has 0 radical (unpaired) electrons. The van der Waals surface area contributed by atoms with Crippen molar-refractivity contribution in [3.05, 3.63) is 59.7 Å². The van der Waals surface area contributed by atoms with Gasteiger partial charge in [-0.25, -0.2) is 0 Å². The van der Waals surface area contributed by atoms with Crippen molar-refractivity contribution in [1.82, 2.24) is 4.57 Å². The Morgan fingerprint density at radius 2 is 1.89 bits per heavy atom. The molecule has 1 saturated carbocycles. The summed E-state index contributed by atoms with van der Waals surface area (Å²) in [5.41, 5.74) is 1.49. The molecule has 1 aliphatic carbocycles. The van der Waals surface area contributed by atoms with Crippen molar-refractivity contribution in [1.29, 1.82) is 0 Å². The van der Waals surface area contributed by atoms with E-state index in [2.05, 4.69) is 0 Å². The van der Waals surface area contributed by atoms with Gasteiger partial charge >= 0.3 is 0 Å². The Hall–Kier alpha value is -2.82. The SMILES string of the molecule is COc1cccc(/C=C/C(=O)n2ccccc2=NC2CCCCC2)c1OC. The van der Waals surface area contributed by atoms with Crippen LogP contribution in [0.3, 0.4) is 0 Å². The highest BCUT2D eigenvalue weighted by Crippen LogP contribution is 2.31. The van der Waals surface area contributed by atoms with Gasteiger partial charge in [-0.2, -0.15) is 0 Å². The number of carbonyl (C=O) groups is 1. The van der Waals surface area contributed by atoms with E-state index < -0.39 is 0 Å². The molecule has 2 aromatic rings. The van der Waals surface area contributed by atoms with Crippen LogP contribution in [-0.2, 0) is 0 Å². The van der Waals surface area contributed by atoms with Gasteiger partial charge in [0.1, 0.15) is 5.49 Å². The molecule has 0 atom stereocenters. The molecule has 1 heterocycles. The van der Waals surface area contributed by atoms with Crippen LogP contribution >= 0.6 is 0 Å². The van der Waals surface area contributed by atoms with Gasteiger partial charge in [0, 0.05) is 17.8 Å². The predicted molar refractivity (Wildman–Crippen MR) is 106 cm³/mol. The van der Waals surface area contributed by atoms with E-state index in [0.717, 1.165) is 18.4 Å². The zero-order valence-electron chi connectivity index (χ0n) is 15.9. The normalized spacial score (nSPS) is 15.9. The number of hydrogen-bond acceptors (Lipinski definition) is 4. The van der Waals surface area contributed by atoms with E-state index in [4.69, 9.17) is 14.5 Å². The Morgan fingerprint density at radius 1 is 1.07 bits per heavy atom. The molecule has 27 heavy (non-hydrogen) atoms. The molecule has 5 nitrogen and oxygen atoms in total. The lowest BCUT2D eigenvalue weighted by Crippen LogP contribution is -2.27. The third kappa shape index (κ3) is 4.67. The van der Waals surface area contributed by atoms with Gasteiger partial charge in [0.25, 0.3) is 5.91 Å². The molecule has 0 amide bonds. The Bertz CT molecular complexity index is 877. The highest BCUT2D eigenvalue weighted by Gasteiger charge is 2.12. The van der Waals surface area contributed by atoms with Crippen molar-refractivity contribution < 1.29 is 14.3 Å². The van der Waals surface area contributed by atoms with Gasteiger partial charge in [-0.1, -0.05) is 37.5 Å². The zero-order chi connectivity index (χ0) is 19.1. The Balaban J connectivity index is 1.87. The van der Waals surface area contributed by atoms with Crippen LogP contribution in [0.15, 0.2) is 53.7 Å². The molecule has 3 rings (SSSR count). The molecule has 0 unspecified atom stereocenters. The number of carbonyl (C=O) groups excluding carboxylic acids is 1. The molecule has 0 aliphatic heterocycles. The smallest absolute Gasteiger partial charge is 0.256 e. The van der Waals surface area contributed by atoms with Crippen LogP contribution in [0.4, 0.5) is 0 Å². The fourth-order valence-electron chi connectivity index (χ4n) is 3.41. The number of methoxy groups -OCH3 is 2. The highest BCUT2D eigenvalue weighted by atomic mass is 16.5. The number of nitrogens with zero attached hydrogens (tertiary/aromatic N) is 2. The molecule has 1 aromatic carbocycles. The second-order valence-corrected chi connectivity index (χ2v) is 6.60. The summed E-state index contributed by atoms with van der Waals surface area (Å²) in [6, 6.07) is 11.5. The minimum absolute atomic E-state index is 0.143. The van der Waals surface area contributed by atoms with E-state index in [0.29, 0.717) is 23.0 Å². The molecule has 5 heteroatoms. The van der Waals surface area contributed by atoms with E-state index >= 15 is 0 Å². The van der Waals surface area contributed by atoms with Crippen LogP contribution in [0.2, 0.25) is 0 Å². The molecule has 0 spiro atoms. The maximum absolute atomic E-state index is 12.8. The summed E-state index contributed by atoms with van der Waals surface area (Å²) < 4.78 is 12.3. The highest BCUT2D eigenvalue weighted by molar-refractivity contribution is 5.94. The number of aromatic nitrogens is 1. The van der Waals surface area contributed by atoms with Gasteiger partial charge in [-0.15, -0.1) is 0 Å². The maximum atomic E-state index is 12.8. The summed E-state index contributed by atoms with van der Waals surface area (Å²) in [5, 5.41) is 0. The van der Waals surface area contributed by atoms with Crippen molar-refractivity contribution in [2.24, 2.45) is 4.99 Å². The first kappa shape index (κ1) is 19.0. The number of allylic oxidation sites excluding steroid dienone is 1. The van der Waals surface area contributed by atoms with E-state index in [-0.39, 0.29) is 5.91 Å². The fraction of sp³-hybridized carbons (Fsp3) is 0.364. The Labute approximate surface area is 160 Å². The summed E-state index contributed by atoms with van der Waals surface area (Å²) in [5.74, 6) is 1.09. The molecule has 142 valence electrons. The summed E-state index contributed by atoms with van der Waals surface area (Å²) in [7, 11) is 3.18. The summed E-state index contributed by atoms with van der Waals surface area (Å²) in [6.07, 6.45) is 10.9. The van der Waals surface area contributed by atoms with E-state index in [1.807, 2.05) is 36.4 Å². The average molecular weight is 366 g/mol. The average Bonchev–Trinajstić information content (AvgIpc) is 2.72. The van der Waals surface area contributed by atoms with Crippen LogP contribution in [0, 0.1) is 0 Å². The molecule has 1 fully saturated rings. The Kier molecular flexibility index (Phi) is 6.47. The number of para-hydroxylation sites is 1. The van der Waals surface area contributed by atoms with Gasteiger partial charge < -0.3 is 9.47 Å². The number of benzene rings is 1. The van der Waals surface area contributed by atoms with Crippen molar-refractivity contribution in [2.45, 2.75) is 38.1 Å². The van der Waals surface area contributed by atoms with Crippen molar-refractivity contribution >= 4 is 12.0 Å². The van der Waals surface area contributed by atoms with Crippen LogP contribution in [0.1, 0.15) is 42.5 Å². The number of rotatable bonds is 5. The third-order valence-electron chi connectivity index (χ3n) is 4.80. The number of ether oxygens (including phenoxy) is 2. The van der Waals surface area contributed by atoms with Crippen LogP contribution < -0.4 is 15.0 Å². The largest absolute Gasteiger partial charge is 0.493 e. The second kappa shape index (κ2) is 9.21. The van der Waals surface area contributed by atoms with E-state index in [9.17, 15) is 4.79 Å². The van der Waals surface area contributed by atoms with Crippen LogP contribution in [0.25, 0.3) is 6.08 Å². The monoisotopic (exact) mass is 366 g/mol. The minimum atomic E-state index is -0.143. The number of pyridine rings is 1. The lowest BCUT2D eigenvalue weighted by Gasteiger charge is -2.17. The maximum Gasteiger partial charge on any atom is 0.256 e. The predicted octanol–water partition coefficient (Wildman–Crippen LogP) is 4.09. The minimum Gasteiger partial charge on any atom is -0.493 e.